The van der Waals surface area contributed by atoms with Gasteiger partial charge in [-0.2, -0.15) is 0 Å². The lowest BCUT2D eigenvalue weighted by molar-refractivity contribution is -0.136. The van der Waals surface area contributed by atoms with Crippen LogP contribution >= 0.6 is 0 Å². The Hall–Kier alpha value is -1.55. The van der Waals surface area contributed by atoms with Gasteiger partial charge in [-0.15, -0.1) is 0 Å². The Morgan fingerprint density at radius 1 is 1.37 bits per heavy atom. The molecule has 106 valence electrons. The molecule has 4 nitrogen and oxygen atoms in total. The molecule has 0 fully saturated rings. The van der Waals surface area contributed by atoms with Crippen LogP contribution in [0.25, 0.3) is 0 Å². The second kappa shape index (κ2) is 7.79. The number of aliphatic carboxylic acids is 1. The number of carbonyl (C=O) groups is 1. The largest absolute Gasteiger partial charge is 0.496 e. The molecule has 0 saturated heterocycles. The molecule has 1 aromatic rings. The number of ether oxygens (including phenoxy) is 1. The summed E-state index contributed by atoms with van der Waals surface area (Å²) < 4.78 is 5.35. The van der Waals surface area contributed by atoms with Crippen molar-refractivity contribution in [1.82, 2.24) is 5.32 Å². The summed E-state index contributed by atoms with van der Waals surface area (Å²) in [6, 6.07) is 6.26. The van der Waals surface area contributed by atoms with Crippen LogP contribution < -0.4 is 10.1 Å². The van der Waals surface area contributed by atoms with E-state index < -0.39 is 5.97 Å². The molecule has 0 aliphatic carbocycles. The van der Waals surface area contributed by atoms with Crippen LogP contribution in [0, 0.1) is 0 Å². The van der Waals surface area contributed by atoms with Gasteiger partial charge < -0.3 is 15.2 Å². The maximum absolute atomic E-state index is 10.4. The molecule has 0 radical (unpaired) electrons. The van der Waals surface area contributed by atoms with Gasteiger partial charge in [0.05, 0.1) is 13.5 Å². The molecule has 0 amide bonds. The van der Waals surface area contributed by atoms with E-state index in [0.29, 0.717) is 12.5 Å². The zero-order chi connectivity index (χ0) is 14.3. The van der Waals surface area contributed by atoms with Crippen molar-refractivity contribution >= 4 is 5.97 Å². The Kier molecular flexibility index (Phi) is 6.36. The van der Waals surface area contributed by atoms with Crippen LogP contribution in [0.3, 0.4) is 0 Å². The Morgan fingerprint density at radius 2 is 2.11 bits per heavy atom. The molecule has 0 aliphatic rings. The Balaban J connectivity index is 2.55. The molecule has 0 saturated carbocycles. The van der Waals surface area contributed by atoms with E-state index >= 15 is 0 Å². The van der Waals surface area contributed by atoms with Crippen LogP contribution in [0.4, 0.5) is 0 Å². The SMILES string of the molecule is COc1ccc(C(C)C)cc1CCNCCC(=O)O. The third-order valence-electron chi connectivity index (χ3n) is 3.06. The quantitative estimate of drug-likeness (QED) is 0.709. The van der Waals surface area contributed by atoms with Crippen molar-refractivity contribution in [3.05, 3.63) is 29.3 Å². The molecule has 0 atom stereocenters. The molecule has 0 aromatic heterocycles. The van der Waals surface area contributed by atoms with E-state index in [1.165, 1.54) is 5.56 Å². The van der Waals surface area contributed by atoms with Crippen molar-refractivity contribution in [1.29, 1.82) is 0 Å². The molecule has 1 aromatic carbocycles. The van der Waals surface area contributed by atoms with E-state index in [0.717, 1.165) is 24.3 Å². The minimum Gasteiger partial charge on any atom is -0.496 e. The normalized spacial score (nSPS) is 10.7. The lowest BCUT2D eigenvalue weighted by atomic mass is 9.99. The molecule has 2 N–H and O–H groups in total. The van der Waals surface area contributed by atoms with Gasteiger partial charge in [0.15, 0.2) is 0 Å². The van der Waals surface area contributed by atoms with Gasteiger partial charge in [0.25, 0.3) is 0 Å². The lowest BCUT2D eigenvalue weighted by Gasteiger charge is -2.13. The standard InChI is InChI=1S/C15H23NO3/c1-11(2)12-4-5-14(19-3)13(10-12)6-8-16-9-7-15(17)18/h4-5,10-11,16H,6-9H2,1-3H3,(H,17,18). The Labute approximate surface area is 114 Å². The molecule has 0 bridgehead atoms. The Bertz CT molecular complexity index is 416. The first-order valence-electron chi connectivity index (χ1n) is 6.64. The molecule has 0 unspecified atom stereocenters. The summed E-state index contributed by atoms with van der Waals surface area (Å²) in [6.07, 6.45) is 0.993. The summed E-state index contributed by atoms with van der Waals surface area (Å²) in [7, 11) is 1.67. The maximum atomic E-state index is 10.4. The molecule has 0 aliphatic heterocycles. The zero-order valence-electron chi connectivity index (χ0n) is 11.9. The average Bonchev–Trinajstić information content (AvgIpc) is 2.37. The van der Waals surface area contributed by atoms with Crippen LogP contribution in [-0.4, -0.2) is 31.3 Å². The van der Waals surface area contributed by atoms with Crippen LogP contribution in [0.15, 0.2) is 18.2 Å². The van der Waals surface area contributed by atoms with Crippen LogP contribution in [0.5, 0.6) is 5.75 Å². The summed E-state index contributed by atoms with van der Waals surface area (Å²) in [6.45, 7) is 5.58. The molecule has 4 heteroatoms. The molecule has 0 spiro atoms. The highest BCUT2D eigenvalue weighted by molar-refractivity contribution is 5.66. The molecular formula is C15H23NO3. The minimum atomic E-state index is -0.771. The number of carboxylic acids is 1. The topological polar surface area (TPSA) is 58.6 Å². The van der Waals surface area contributed by atoms with Crippen molar-refractivity contribution in [3.63, 3.8) is 0 Å². The van der Waals surface area contributed by atoms with Gasteiger partial charge in [-0.25, -0.2) is 0 Å². The van der Waals surface area contributed by atoms with Crippen molar-refractivity contribution in [3.8, 4) is 5.75 Å². The van der Waals surface area contributed by atoms with Crippen molar-refractivity contribution in [2.45, 2.75) is 32.6 Å². The second-order valence-corrected chi connectivity index (χ2v) is 4.87. The number of hydrogen-bond acceptors (Lipinski definition) is 3. The lowest BCUT2D eigenvalue weighted by Crippen LogP contribution is -2.21. The number of nitrogens with one attached hydrogen (secondary N) is 1. The van der Waals surface area contributed by atoms with Gasteiger partial charge >= 0.3 is 5.97 Å². The first kappa shape index (κ1) is 15.5. The predicted molar refractivity (Wildman–Crippen MR) is 75.9 cm³/mol. The van der Waals surface area contributed by atoms with Gasteiger partial charge in [0, 0.05) is 6.54 Å². The molecule has 0 heterocycles. The van der Waals surface area contributed by atoms with Crippen molar-refractivity contribution in [2.24, 2.45) is 0 Å². The Morgan fingerprint density at radius 3 is 2.68 bits per heavy atom. The number of rotatable bonds is 8. The summed E-state index contributed by atoms with van der Waals surface area (Å²) >= 11 is 0. The van der Waals surface area contributed by atoms with E-state index in [1.807, 2.05) is 6.07 Å². The maximum Gasteiger partial charge on any atom is 0.304 e. The van der Waals surface area contributed by atoms with Crippen molar-refractivity contribution < 1.29 is 14.6 Å². The zero-order valence-corrected chi connectivity index (χ0v) is 11.9. The number of carboxylic acid groups (broad SMARTS) is 1. The highest BCUT2D eigenvalue weighted by atomic mass is 16.5. The third-order valence-corrected chi connectivity index (χ3v) is 3.06. The summed E-state index contributed by atoms with van der Waals surface area (Å²) in [5, 5.41) is 11.7. The molecule has 19 heavy (non-hydrogen) atoms. The smallest absolute Gasteiger partial charge is 0.304 e. The van der Waals surface area contributed by atoms with Gasteiger partial charge in [0.1, 0.15) is 5.75 Å². The first-order chi connectivity index (χ1) is 9.04. The third kappa shape index (κ3) is 5.30. The van der Waals surface area contributed by atoms with E-state index in [-0.39, 0.29) is 6.42 Å². The van der Waals surface area contributed by atoms with Gasteiger partial charge in [-0.05, 0) is 36.1 Å². The number of methoxy groups -OCH3 is 1. The summed E-state index contributed by atoms with van der Waals surface area (Å²) in [5.74, 6) is 0.612. The van der Waals surface area contributed by atoms with Crippen LogP contribution in [-0.2, 0) is 11.2 Å². The summed E-state index contributed by atoms with van der Waals surface area (Å²) in [5.41, 5.74) is 2.46. The summed E-state index contributed by atoms with van der Waals surface area (Å²) in [4.78, 5) is 10.4. The predicted octanol–water partition coefficient (Wildman–Crippen LogP) is 2.43. The fourth-order valence-electron chi connectivity index (χ4n) is 1.90. The van der Waals surface area contributed by atoms with E-state index in [4.69, 9.17) is 9.84 Å². The van der Waals surface area contributed by atoms with Crippen LogP contribution in [0.2, 0.25) is 0 Å². The minimum absolute atomic E-state index is 0.156. The number of benzene rings is 1. The highest BCUT2D eigenvalue weighted by Gasteiger charge is 2.06. The average molecular weight is 265 g/mol. The molecule has 1 rings (SSSR count). The van der Waals surface area contributed by atoms with Gasteiger partial charge in [-0.1, -0.05) is 26.0 Å². The van der Waals surface area contributed by atoms with Crippen molar-refractivity contribution in [2.75, 3.05) is 20.2 Å². The van der Waals surface area contributed by atoms with E-state index in [9.17, 15) is 4.79 Å². The number of hydrogen-bond donors (Lipinski definition) is 2. The van der Waals surface area contributed by atoms with Crippen LogP contribution in [0.1, 0.15) is 37.3 Å². The van der Waals surface area contributed by atoms with E-state index in [1.54, 1.807) is 7.11 Å². The fraction of sp³-hybridized carbons (Fsp3) is 0.533. The monoisotopic (exact) mass is 265 g/mol. The highest BCUT2D eigenvalue weighted by Crippen LogP contribution is 2.24. The fourth-order valence-corrected chi connectivity index (χ4v) is 1.90. The first-order valence-corrected chi connectivity index (χ1v) is 6.64. The molecular weight excluding hydrogens is 242 g/mol. The van der Waals surface area contributed by atoms with Gasteiger partial charge in [-0.3, -0.25) is 4.79 Å². The van der Waals surface area contributed by atoms with E-state index in [2.05, 4.69) is 31.3 Å². The second-order valence-electron chi connectivity index (χ2n) is 4.87. The van der Waals surface area contributed by atoms with Gasteiger partial charge in [0.2, 0.25) is 0 Å².